The van der Waals surface area contributed by atoms with Crippen molar-refractivity contribution in [3.63, 3.8) is 0 Å². The topological polar surface area (TPSA) is 65.5 Å². The van der Waals surface area contributed by atoms with E-state index in [1.54, 1.807) is 0 Å². The average molecular weight is 401 g/mol. The Bertz CT molecular complexity index is 798. The van der Waals surface area contributed by atoms with Gasteiger partial charge in [-0.25, -0.2) is 4.98 Å². The minimum absolute atomic E-state index is 0.0211. The maximum Gasteiger partial charge on any atom is 0.273 e. The van der Waals surface area contributed by atoms with Gasteiger partial charge in [-0.15, -0.1) is 11.3 Å². The third-order valence-electron chi connectivity index (χ3n) is 4.94. The maximum atomic E-state index is 12.9. The Balaban J connectivity index is 1.58. The van der Waals surface area contributed by atoms with Crippen LogP contribution in [0.4, 0.5) is 0 Å². The highest BCUT2D eigenvalue weighted by molar-refractivity contribution is 7.09. The number of aromatic nitrogens is 1. The van der Waals surface area contributed by atoms with E-state index in [2.05, 4.69) is 39.5 Å². The van der Waals surface area contributed by atoms with Crippen LogP contribution in [-0.4, -0.2) is 52.8 Å². The molecule has 2 heterocycles. The van der Waals surface area contributed by atoms with E-state index in [1.807, 2.05) is 30.2 Å². The maximum absolute atomic E-state index is 12.9. The number of piperazine rings is 1. The van der Waals surface area contributed by atoms with Crippen LogP contribution in [0.2, 0.25) is 0 Å². The predicted molar refractivity (Wildman–Crippen MR) is 111 cm³/mol. The van der Waals surface area contributed by atoms with Crippen molar-refractivity contribution in [2.75, 3.05) is 26.2 Å². The van der Waals surface area contributed by atoms with Gasteiger partial charge in [0.25, 0.3) is 5.91 Å². The molecule has 0 saturated carbocycles. The number of carbonyl (C=O) groups is 2. The highest BCUT2D eigenvalue weighted by Crippen LogP contribution is 2.25. The van der Waals surface area contributed by atoms with Crippen LogP contribution < -0.4 is 5.32 Å². The van der Waals surface area contributed by atoms with E-state index in [-0.39, 0.29) is 23.8 Å². The summed E-state index contributed by atoms with van der Waals surface area (Å²) in [6, 6.07) is 10.2. The number of thiazole rings is 1. The first-order valence-corrected chi connectivity index (χ1v) is 10.6. The summed E-state index contributed by atoms with van der Waals surface area (Å²) < 4.78 is 0. The van der Waals surface area contributed by atoms with Gasteiger partial charge < -0.3 is 10.2 Å². The van der Waals surface area contributed by atoms with Gasteiger partial charge in [0.1, 0.15) is 10.7 Å². The van der Waals surface area contributed by atoms with Gasteiger partial charge in [-0.2, -0.15) is 0 Å². The molecule has 28 heavy (non-hydrogen) atoms. The van der Waals surface area contributed by atoms with E-state index in [4.69, 9.17) is 0 Å². The fourth-order valence-electron chi connectivity index (χ4n) is 3.37. The van der Waals surface area contributed by atoms with Gasteiger partial charge in [0, 0.05) is 45.0 Å². The first-order valence-electron chi connectivity index (χ1n) is 9.72. The van der Waals surface area contributed by atoms with Gasteiger partial charge >= 0.3 is 0 Å². The second-order valence-electron chi connectivity index (χ2n) is 7.55. The highest BCUT2D eigenvalue weighted by atomic mass is 32.1. The molecule has 6 nitrogen and oxygen atoms in total. The molecule has 1 aliphatic heterocycles. The summed E-state index contributed by atoms with van der Waals surface area (Å²) in [6.45, 7) is 9.62. The molecule has 1 atom stereocenters. The van der Waals surface area contributed by atoms with Gasteiger partial charge in [-0.1, -0.05) is 44.2 Å². The minimum Gasteiger partial charge on any atom is -0.347 e. The van der Waals surface area contributed by atoms with Crippen LogP contribution in [0.1, 0.15) is 47.9 Å². The van der Waals surface area contributed by atoms with Crippen molar-refractivity contribution in [3.05, 3.63) is 52.0 Å². The van der Waals surface area contributed by atoms with Crippen LogP contribution in [0, 0.1) is 5.92 Å². The van der Waals surface area contributed by atoms with E-state index in [0.29, 0.717) is 18.8 Å². The summed E-state index contributed by atoms with van der Waals surface area (Å²) in [4.78, 5) is 33.1. The number of carbonyl (C=O) groups excluding carboxylic acids is 2. The van der Waals surface area contributed by atoms with Crippen molar-refractivity contribution >= 4 is 23.2 Å². The second-order valence-corrected chi connectivity index (χ2v) is 8.44. The normalized spacial score (nSPS) is 16.2. The zero-order valence-corrected chi connectivity index (χ0v) is 17.5. The Hall–Kier alpha value is -2.25. The van der Waals surface area contributed by atoms with Crippen molar-refractivity contribution in [2.45, 2.75) is 33.4 Å². The van der Waals surface area contributed by atoms with E-state index in [1.165, 1.54) is 23.8 Å². The second kappa shape index (κ2) is 9.30. The van der Waals surface area contributed by atoms with E-state index in [0.717, 1.165) is 24.6 Å². The number of rotatable bonds is 6. The standard InChI is InChI=1S/C21H28N4O2S/c1-15(2)19(22-16(3)26)20-23-18(14-28-20)21(27)25-11-9-24(10-12-25)13-17-7-5-4-6-8-17/h4-8,14-15,19H,9-13H2,1-3H3,(H,22,26)/t19-/m0/s1. The summed E-state index contributed by atoms with van der Waals surface area (Å²) >= 11 is 1.44. The zero-order valence-electron chi connectivity index (χ0n) is 16.7. The average Bonchev–Trinajstić information content (AvgIpc) is 3.16. The predicted octanol–water partition coefficient (Wildman–Crippen LogP) is 2.93. The van der Waals surface area contributed by atoms with Gasteiger partial charge in [0.2, 0.25) is 5.91 Å². The summed E-state index contributed by atoms with van der Waals surface area (Å²) in [5, 5.41) is 5.53. The number of benzene rings is 1. The van der Waals surface area contributed by atoms with Gasteiger partial charge in [-0.05, 0) is 11.5 Å². The Kier molecular flexibility index (Phi) is 6.80. The van der Waals surface area contributed by atoms with Crippen molar-refractivity contribution in [3.8, 4) is 0 Å². The van der Waals surface area contributed by atoms with Crippen LogP contribution >= 0.6 is 11.3 Å². The van der Waals surface area contributed by atoms with Crippen molar-refractivity contribution in [2.24, 2.45) is 5.92 Å². The number of hydrogen-bond donors (Lipinski definition) is 1. The lowest BCUT2D eigenvalue weighted by Crippen LogP contribution is -2.48. The fourth-order valence-corrected chi connectivity index (χ4v) is 4.39. The molecule has 1 saturated heterocycles. The minimum atomic E-state index is -0.160. The van der Waals surface area contributed by atoms with E-state index < -0.39 is 0 Å². The Morgan fingerprint density at radius 2 is 1.82 bits per heavy atom. The van der Waals surface area contributed by atoms with Crippen LogP contribution in [-0.2, 0) is 11.3 Å². The first kappa shape index (κ1) is 20.5. The largest absolute Gasteiger partial charge is 0.347 e. The van der Waals surface area contributed by atoms with Gasteiger partial charge in [-0.3, -0.25) is 14.5 Å². The van der Waals surface area contributed by atoms with Crippen LogP contribution in [0.15, 0.2) is 35.7 Å². The molecule has 3 rings (SSSR count). The lowest BCUT2D eigenvalue weighted by molar-refractivity contribution is -0.120. The molecular weight excluding hydrogens is 372 g/mol. The Morgan fingerprint density at radius 3 is 2.43 bits per heavy atom. The number of nitrogens with zero attached hydrogens (tertiary/aromatic N) is 3. The molecule has 7 heteroatoms. The van der Waals surface area contributed by atoms with Crippen molar-refractivity contribution in [1.29, 1.82) is 0 Å². The molecule has 0 bridgehead atoms. The molecule has 1 aromatic heterocycles. The first-order chi connectivity index (χ1) is 13.4. The molecule has 1 N–H and O–H groups in total. The Labute approximate surface area is 170 Å². The van der Waals surface area contributed by atoms with Gasteiger partial charge in [0.05, 0.1) is 6.04 Å². The fraction of sp³-hybridized carbons (Fsp3) is 0.476. The molecule has 0 radical (unpaired) electrons. The van der Waals surface area contributed by atoms with Crippen molar-refractivity contribution < 1.29 is 9.59 Å². The Morgan fingerprint density at radius 1 is 1.14 bits per heavy atom. The van der Waals surface area contributed by atoms with E-state index >= 15 is 0 Å². The molecular formula is C21H28N4O2S. The molecule has 1 aromatic carbocycles. The smallest absolute Gasteiger partial charge is 0.273 e. The van der Waals surface area contributed by atoms with Crippen LogP contribution in [0.25, 0.3) is 0 Å². The summed E-state index contributed by atoms with van der Waals surface area (Å²) in [5.74, 6) is 0.100. The molecule has 1 fully saturated rings. The van der Waals surface area contributed by atoms with Gasteiger partial charge in [0.15, 0.2) is 0 Å². The highest BCUT2D eigenvalue weighted by Gasteiger charge is 2.26. The lowest BCUT2D eigenvalue weighted by Gasteiger charge is -2.34. The zero-order chi connectivity index (χ0) is 20.1. The van der Waals surface area contributed by atoms with Crippen molar-refractivity contribution in [1.82, 2.24) is 20.1 Å². The third kappa shape index (κ3) is 5.17. The molecule has 0 aliphatic carbocycles. The molecule has 150 valence electrons. The number of hydrogen-bond acceptors (Lipinski definition) is 5. The third-order valence-corrected chi connectivity index (χ3v) is 5.87. The van der Waals surface area contributed by atoms with E-state index in [9.17, 15) is 9.59 Å². The summed E-state index contributed by atoms with van der Waals surface area (Å²) in [7, 11) is 0. The number of amides is 2. The molecule has 0 unspecified atom stereocenters. The molecule has 2 amide bonds. The summed E-state index contributed by atoms with van der Waals surface area (Å²) in [6.07, 6.45) is 0. The monoisotopic (exact) mass is 400 g/mol. The van der Waals surface area contributed by atoms with Crippen LogP contribution in [0.5, 0.6) is 0 Å². The number of nitrogens with one attached hydrogen (secondary N) is 1. The lowest BCUT2D eigenvalue weighted by atomic mass is 10.1. The summed E-state index contributed by atoms with van der Waals surface area (Å²) in [5.41, 5.74) is 1.77. The SMILES string of the molecule is CC(=O)N[C@H](c1nc(C(=O)N2CCN(Cc3ccccc3)CC2)cs1)C(C)C. The van der Waals surface area contributed by atoms with Crippen LogP contribution in [0.3, 0.4) is 0 Å². The molecule has 1 aliphatic rings. The molecule has 2 aromatic rings. The molecule has 0 spiro atoms. The quantitative estimate of drug-likeness (QED) is 0.810.